The number of hydrogen-bond donors (Lipinski definition) is 2. The lowest BCUT2D eigenvalue weighted by Gasteiger charge is -2.10. The predicted octanol–water partition coefficient (Wildman–Crippen LogP) is 2.39. The molecule has 2 saturated carbocycles. The highest BCUT2D eigenvalue weighted by Gasteiger charge is 2.37. The van der Waals surface area contributed by atoms with Gasteiger partial charge in [-0.05, 0) is 58.8 Å². The van der Waals surface area contributed by atoms with Crippen molar-refractivity contribution in [3.63, 3.8) is 0 Å². The van der Waals surface area contributed by atoms with Crippen molar-refractivity contribution in [2.24, 2.45) is 5.92 Å². The predicted molar refractivity (Wildman–Crippen MR) is 81.9 cm³/mol. The molecule has 2 atom stereocenters. The topological polar surface area (TPSA) is 58.2 Å². The summed E-state index contributed by atoms with van der Waals surface area (Å²) in [7, 11) is -3.43. The van der Waals surface area contributed by atoms with Crippen molar-refractivity contribution in [1.29, 1.82) is 0 Å². The van der Waals surface area contributed by atoms with Crippen LogP contribution >= 0.6 is 15.9 Å². The van der Waals surface area contributed by atoms with E-state index < -0.39 is 10.0 Å². The fraction of sp³-hybridized carbons (Fsp3) is 0.571. The van der Waals surface area contributed by atoms with Gasteiger partial charge in [-0.15, -0.1) is 0 Å². The number of rotatable bonds is 6. The molecule has 0 aliphatic heterocycles. The van der Waals surface area contributed by atoms with E-state index in [2.05, 4.69) is 32.9 Å². The third-order valence-corrected chi connectivity index (χ3v) is 6.36. The minimum atomic E-state index is -3.43. The lowest BCUT2D eigenvalue weighted by molar-refractivity contribution is 0.577. The van der Waals surface area contributed by atoms with Gasteiger partial charge in [-0.1, -0.05) is 13.0 Å². The maximum absolute atomic E-state index is 12.4. The van der Waals surface area contributed by atoms with Crippen molar-refractivity contribution in [2.75, 3.05) is 0 Å². The van der Waals surface area contributed by atoms with Crippen LogP contribution in [0.15, 0.2) is 27.6 Å². The Labute approximate surface area is 128 Å². The molecule has 0 heterocycles. The third kappa shape index (κ3) is 3.42. The molecule has 0 amide bonds. The van der Waals surface area contributed by atoms with Gasteiger partial charge < -0.3 is 5.32 Å². The number of benzene rings is 1. The molecular formula is C14H19BrN2O2S. The number of halogens is 1. The second kappa shape index (κ2) is 5.40. The van der Waals surface area contributed by atoms with Gasteiger partial charge in [0, 0.05) is 23.1 Å². The lowest BCUT2D eigenvalue weighted by atomic mass is 10.2. The summed E-state index contributed by atoms with van der Waals surface area (Å²) in [6.45, 7) is 2.78. The standard InChI is InChI=1S/C14H19BrN2O2S/c1-9-6-13(9)17-20(18,19)14-7-10(2-5-12(14)15)8-16-11-3-4-11/h2,5,7,9,11,13,16-17H,3-4,6,8H2,1H3. The van der Waals surface area contributed by atoms with Gasteiger partial charge in [0.2, 0.25) is 10.0 Å². The first-order chi connectivity index (χ1) is 9.45. The Bertz CT molecular complexity index is 614. The molecule has 0 spiro atoms. The monoisotopic (exact) mass is 358 g/mol. The zero-order valence-electron chi connectivity index (χ0n) is 11.4. The molecule has 0 radical (unpaired) electrons. The van der Waals surface area contributed by atoms with Crippen LogP contribution in [0, 0.1) is 5.92 Å². The first kappa shape index (κ1) is 14.5. The highest BCUT2D eigenvalue weighted by molar-refractivity contribution is 9.10. The average molecular weight is 359 g/mol. The van der Waals surface area contributed by atoms with Crippen molar-refractivity contribution >= 4 is 26.0 Å². The summed E-state index contributed by atoms with van der Waals surface area (Å²) in [5.41, 5.74) is 1.00. The van der Waals surface area contributed by atoms with E-state index in [1.54, 1.807) is 6.07 Å². The van der Waals surface area contributed by atoms with Crippen molar-refractivity contribution in [3.8, 4) is 0 Å². The molecule has 2 fully saturated rings. The third-order valence-electron chi connectivity index (χ3n) is 3.87. The maximum Gasteiger partial charge on any atom is 0.241 e. The Morgan fingerprint density at radius 1 is 1.35 bits per heavy atom. The molecule has 1 aromatic carbocycles. The van der Waals surface area contributed by atoms with Crippen LogP contribution in [0.2, 0.25) is 0 Å². The van der Waals surface area contributed by atoms with Gasteiger partial charge in [0.1, 0.15) is 0 Å². The van der Waals surface area contributed by atoms with Crippen LogP contribution < -0.4 is 10.0 Å². The summed E-state index contributed by atoms with van der Waals surface area (Å²) in [6.07, 6.45) is 3.38. The molecule has 1 aromatic rings. The molecule has 110 valence electrons. The zero-order valence-corrected chi connectivity index (χ0v) is 13.8. The Hall–Kier alpha value is -0.430. The first-order valence-corrected chi connectivity index (χ1v) is 9.27. The second-order valence-corrected chi connectivity index (χ2v) is 8.40. The van der Waals surface area contributed by atoms with E-state index in [9.17, 15) is 8.42 Å². The summed E-state index contributed by atoms with van der Waals surface area (Å²) in [4.78, 5) is 0.340. The quantitative estimate of drug-likeness (QED) is 0.820. The molecule has 0 aromatic heterocycles. The van der Waals surface area contributed by atoms with E-state index in [1.165, 1.54) is 12.8 Å². The minimum absolute atomic E-state index is 0.0974. The van der Waals surface area contributed by atoms with E-state index in [1.807, 2.05) is 12.1 Å². The molecule has 2 N–H and O–H groups in total. The van der Waals surface area contributed by atoms with Gasteiger partial charge >= 0.3 is 0 Å². The SMILES string of the molecule is CC1CC1NS(=O)(=O)c1cc(CNC2CC2)ccc1Br. The normalized spacial score (nSPS) is 25.7. The molecule has 3 rings (SSSR count). The van der Waals surface area contributed by atoms with Crippen molar-refractivity contribution in [3.05, 3.63) is 28.2 Å². The molecule has 2 aliphatic carbocycles. The van der Waals surface area contributed by atoms with Crippen LogP contribution in [0.4, 0.5) is 0 Å². The largest absolute Gasteiger partial charge is 0.310 e. The average Bonchev–Trinajstić information content (AvgIpc) is 3.28. The Morgan fingerprint density at radius 3 is 2.65 bits per heavy atom. The molecule has 0 saturated heterocycles. The Morgan fingerprint density at radius 2 is 2.05 bits per heavy atom. The highest BCUT2D eigenvalue weighted by Crippen LogP contribution is 2.32. The van der Waals surface area contributed by atoms with Crippen LogP contribution in [0.1, 0.15) is 31.7 Å². The molecule has 0 bridgehead atoms. The van der Waals surface area contributed by atoms with Crippen LogP contribution in [-0.4, -0.2) is 20.5 Å². The van der Waals surface area contributed by atoms with Crippen molar-refractivity contribution in [1.82, 2.24) is 10.0 Å². The molecule has 6 heteroatoms. The maximum atomic E-state index is 12.4. The van der Waals surface area contributed by atoms with Gasteiger partial charge in [0.05, 0.1) is 4.90 Å². The van der Waals surface area contributed by atoms with E-state index in [0.29, 0.717) is 21.3 Å². The number of sulfonamides is 1. The van der Waals surface area contributed by atoms with Crippen LogP contribution in [0.5, 0.6) is 0 Å². The van der Waals surface area contributed by atoms with E-state index in [4.69, 9.17) is 0 Å². The minimum Gasteiger partial charge on any atom is -0.310 e. The van der Waals surface area contributed by atoms with Crippen LogP contribution in [0.25, 0.3) is 0 Å². The van der Waals surface area contributed by atoms with E-state index >= 15 is 0 Å². The van der Waals surface area contributed by atoms with E-state index in [-0.39, 0.29) is 6.04 Å². The van der Waals surface area contributed by atoms with Gasteiger partial charge in [0.25, 0.3) is 0 Å². The summed E-state index contributed by atoms with van der Waals surface area (Å²) in [6, 6.07) is 6.24. The molecule has 20 heavy (non-hydrogen) atoms. The zero-order chi connectivity index (χ0) is 14.3. The van der Waals surface area contributed by atoms with Gasteiger partial charge in [-0.25, -0.2) is 13.1 Å². The second-order valence-electron chi connectivity index (χ2n) is 5.86. The first-order valence-electron chi connectivity index (χ1n) is 7.00. The van der Waals surface area contributed by atoms with Gasteiger partial charge in [0.15, 0.2) is 0 Å². The fourth-order valence-electron chi connectivity index (χ4n) is 2.16. The summed E-state index contributed by atoms with van der Waals surface area (Å²) >= 11 is 3.34. The van der Waals surface area contributed by atoms with E-state index in [0.717, 1.165) is 18.5 Å². The summed E-state index contributed by atoms with van der Waals surface area (Å²) in [5.74, 6) is 0.447. The Balaban J connectivity index is 1.77. The van der Waals surface area contributed by atoms with Gasteiger partial charge in [-0.2, -0.15) is 0 Å². The molecule has 2 unspecified atom stereocenters. The highest BCUT2D eigenvalue weighted by atomic mass is 79.9. The molecule has 2 aliphatic rings. The number of hydrogen-bond acceptors (Lipinski definition) is 3. The molecular weight excluding hydrogens is 340 g/mol. The summed E-state index contributed by atoms with van der Waals surface area (Å²) in [5, 5.41) is 3.40. The van der Waals surface area contributed by atoms with Crippen molar-refractivity contribution in [2.45, 2.75) is 49.7 Å². The van der Waals surface area contributed by atoms with Crippen LogP contribution in [0.3, 0.4) is 0 Å². The van der Waals surface area contributed by atoms with Crippen molar-refractivity contribution < 1.29 is 8.42 Å². The smallest absolute Gasteiger partial charge is 0.241 e. The van der Waals surface area contributed by atoms with Gasteiger partial charge in [-0.3, -0.25) is 0 Å². The number of nitrogens with one attached hydrogen (secondary N) is 2. The molecule has 4 nitrogen and oxygen atoms in total. The Kier molecular flexibility index (Phi) is 3.92. The lowest BCUT2D eigenvalue weighted by Crippen LogP contribution is -2.27. The summed E-state index contributed by atoms with van der Waals surface area (Å²) < 4.78 is 28.2. The fourth-order valence-corrected chi connectivity index (χ4v) is 4.53. The van der Waals surface area contributed by atoms with Crippen LogP contribution in [-0.2, 0) is 16.6 Å².